The van der Waals surface area contributed by atoms with Gasteiger partial charge in [-0.15, -0.1) is 0 Å². The van der Waals surface area contributed by atoms with Crippen LogP contribution in [0.15, 0.2) is 80.8 Å². The van der Waals surface area contributed by atoms with Gasteiger partial charge in [-0.1, -0.05) is 36.4 Å². The summed E-state index contributed by atoms with van der Waals surface area (Å²) in [4.78, 5) is 82.0. The number of aryl methyl sites for hydroxylation is 4. The molecule has 2 aromatic carbocycles. The first-order valence-electron chi connectivity index (χ1n) is 16.5. The van der Waals surface area contributed by atoms with E-state index in [-0.39, 0.29) is 11.1 Å². The van der Waals surface area contributed by atoms with Crippen molar-refractivity contribution in [2.24, 2.45) is 0 Å². The van der Waals surface area contributed by atoms with E-state index >= 15 is 0 Å². The van der Waals surface area contributed by atoms with E-state index in [1.165, 1.54) is 12.1 Å². The summed E-state index contributed by atoms with van der Waals surface area (Å²) in [6, 6.07) is 14.1. The van der Waals surface area contributed by atoms with Crippen molar-refractivity contribution in [1.29, 1.82) is 0 Å². The quantitative estimate of drug-likeness (QED) is 0.205. The highest BCUT2D eigenvalue weighted by molar-refractivity contribution is 6.24. The van der Waals surface area contributed by atoms with E-state index in [9.17, 15) is 39.0 Å². The van der Waals surface area contributed by atoms with Crippen LogP contribution in [0.25, 0.3) is 21.8 Å². The molecule has 0 amide bonds. The van der Waals surface area contributed by atoms with E-state index in [1.807, 2.05) is 24.3 Å². The number of Topliss-reactive ketones (excluding diaryl/α,β-unsaturated/α-hetero) is 2. The number of aliphatic hydroxyl groups is 2. The van der Waals surface area contributed by atoms with Crippen LogP contribution in [0.2, 0.25) is 0 Å². The number of allylic oxidation sites excluding steroid dienone is 2. The molecule has 2 atom stereocenters. The Morgan fingerprint density at radius 2 is 1.08 bits per heavy atom. The molecule has 12 heteroatoms. The number of esters is 2. The number of pyridine rings is 2. The summed E-state index contributed by atoms with van der Waals surface area (Å²) in [5.41, 5.74) is 0.909. The minimum absolute atomic E-state index is 0.0466. The van der Waals surface area contributed by atoms with Gasteiger partial charge in [0.25, 0.3) is 11.1 Å². The third kappa shape index (κ3) is 5.13. The Labute approximate surface area is 284 Å². The highest BCUT2D eigenvalue weighted by Crippen LogP contribution is 2.41. The molecule has 0 spiro atoms. The molecule has 2 aromatic heterocycles. The number of para-hydroxylation sites is 2. The maximum atomic E-state index is 14.2. The predicted octanol–water partition coefficient (Wildman–Crippen LogP) is 3.98. The van der Waals surface area contributed by atoms with Crippen molar-refractivity contribution < 1.29 is 38.9 Å². The Balaban J connectivity index is 1.40. The normalized spacial score (nSPS) is 16.9. The van der Waals surface area contributed by atoms with Crippen molar-refractivity contribution in [3.8, 4) is 0 Å². The first-order chi connectivity index (χ1) is 24.0. The fraction of sp³-hybridized carbons (Fsp3) is 0.316. The van der Waals surface area contributed by atoms with Crippen LogP contribution < -0.4 is 11.1 Å². The molecule has 256 valence electrons. The molecule has 1 aliphatic carbocycles. The van der Waals surface area contributed by atoms with Crippen molar-refractivity contribution in [2.45, 2.75) is 63.5 Å². The van der Waals surface area contributed by atoms with E-state index < -0.39 is 82.0 Å². The summed E-state index contributed by atoms with van der Waals surface area (Å²) in [7, 11) is 2.24. The minimum atomic E-state index is -1.48. The molecule has 7 rings (SSSR count). The Bertz CT molecular complexity index is 2190. The van der Waals surface area contributed by atoms with Gasteiger partial charge in [0.15, 0.2) is 11.5 Å². The number of rotatable bonds is 8. The lowest BCUT2D eigenvalue weighted by Gasteiger charge is -2.28. The molecule has 0 saturated carbocycles. The smallest absolute Gasteiger partial charge is 0.306 e. The summed E-state index contributed by atoms with van der Waals surface area (Å²) in [5, 5.41) is 24.5. The molecule has 50 heavy (non-hydrogen) atoms. The predicted molar refractivity (Wildman–Crippen MR) is 181 cm³/mol. The van der Waals surface area contributed by atoms with Crippen molar-refractivity contribution >= 4 is 45.3 Å². The number of ether oxygens (including phenoxy) is 2. The molecule has 0 unspecified atom stereocenters. The molecule has 0 fully saturated rings. The topological polar surface area (TPSA) is 171 Å². The zero-order valence-electron chi connectivity index (χ0n) is 27.5. The van der Waals surface area contributed by atoms with Gasteiger partial charge in [0.05, 0.1) is 49.2 Å². The number of methoxy groups -OCH3 is 2. The van der Waals surface area contributed by atoms with E-state index in [1.54, 1.807) is 21.3 Å². The third-order valence-corrected chi connectivity index (χ3v) is 10.2. The van der Waals surface area contributed by atoms with Crippen molar-refractivity contribution in [3.05, 3.63) is 114 Å². The number of nitrogens with zero attached hydrogens (tertiary/aromatic N) is 2. The van der Waals surface area contributed by atoms with Crippen molar-refractivity contribution in [2.75, 3.05) is 14.2 Å². The Morgan fingerprint density at radius 3 is 1.46 bits per heavy atom. The van der Waals surface area contributed by atoms with Crippen LogP contribution in [0.3, 0.4) is 0 Å². The number of aromatic nitrogens is 2. The summed E-state index contributed by atoms with van der Waals surface area (Å²) < 4.78 is 12.9. The molecule has 4 heterocycles. The second-order valence-electron chi connectivity index (χ2n) is 12.9. The molecule has 4 aromatic rings. The van der Waals surface area contributed by atoms with E-state index in [4.69, 9.17) is 9.47 Å². The maximum Gasteiger partial charge on any atom is 0.306 e. The molecule has 0 radical (unpaired) electrons. The fourth-order valence-corrected chi connectivity index (χ4v) is 7.87. The van der Waals surface area contributed by atoms with Gasteiger partial charge in [-0.3, -0.25) is 28.8 Å². The van der Waals surface area contributed by atoms with E-state index in [0.29, 0.717) is 36.7 Å². The average molecular weight is 679 g/mol. The Morgan fingerprint density at radius 1 is 0.680 bits per heavy atom. The zero-order chi connectivity index (χ0) is 35.4. The van der Waals surface area contributed by atoms with Gasteiger partial charge < -0.3 is 28.8 Å². The maximum absolute atomic E-state index is 14.2. The lowest BCUT2D eigenvalue weighted by molar-refractivity contribution is -0.142. The van der Waals surface area contributed by atoms with Gasteiger partial charge in [-0.05, 0) is 59.7 Å². The number of hydrogen-bond donors (Lipinski definition) is 2. The molecule has 0 bridgehead atoms. The van der Waals surface area contributed by atoms with Gasteiger partial charge in [-0.25, -0.2) is 0 Å². The Kier molecular flexibility index (Phi) is 8.25. The summed E-state index contributed by atoms with van der Waals surface area (Å²) in [6.07, 6.45) is 1.66. The van der Waals surface area contributed by atoms with Crippen molar-refractivity contribution in [1.82, 2.24) is 9.13 Å². The van der Waals surface area contributed by atoms with Crippen LogP contribution in [0.5, 0.6) is 0 Å². The van der Waals surface area contributed by atoms with E-state index in [2.05, 4.69) is 0 Å². The molecule has 3 aliphatic rings. The standard InChI is InChI=1S/C38H34N2O10/c1-49-27(41)17-23(25-15-21-9-3-7-19-11-5-13-39(31(19)21)37(25)47)29-33(43)35(45)30(36(46)34(29)44)24(18-28(42)50-2)26-16-22-10-4-8-20-12-6-14-40(32(20)22)38(26)48/h3-4,7-10,15-16,23-24,43,46H,5-6,11-14,17-18H2,1-2H3/t23-,24-/m1/s1. The number of carbonyl (C=O) groups excluding carboxylic acids is 4. The number of ketones is 2. The number of hydrogen-bond acceptors (Lipinski definition) is 10. The van der Waals surface area contributed by atoms with E-state index in [0.717, 1.165) is 49.2 Å². The Hall–Kier alpha value is -5.78. The molecule has 2 N–H and O–H groups in total. The van der Waals surface area contributed by atoms with Gasteiger partial charge in [0.2, 0.25) is 11.6 Å². The van der Waals surface area contributed by atoms with Gasteiger partial charge in [0.1, 0.15) is 0 Å². The fourth-order valence-electron chi connectivity index (χ4n) is 7.87. The van der Waals surface area contributed by atoms with Gasteiger partial charge in [0, 0.05) is 36.1 Å². The first kappa shape index (κ1) is 32.8. The average Bonchev–Trinajstić information content (AvgIpc) is 3.12. The monoisotopic (exact) mass is 678 g/mol. The highest BCUT2D eigenvalue weighted by atomic mass is 16.5. The number of carbonyl (C=O) groups is 4. The lowest BCUT2D eigenvalue weighted by atomic mass is 9.75. The van der Waals surface area contributed by atoms with Gasteiger partial charge in [-0.2, -0.15) is 0 Å². The molecular weight excluding hydrogens is 644 g/mol. The minimum Gasteiger partial charge on any atom is -0.504 e. The zero-order valence-corrected chi connectivity index (χ0v) is 27.5. The number of aliphatic hydroxyl groups excluding tert-OH is 2. The molecule has 0 saturated heterocycles. The number of benzene rings is 2. The summed E-state index contributed by atoms with van der Waals surface area (Å²) >= 11 is 0. The van der Waals surface area contributed by atoms with Crippen LogP contribution in [-0.2, 0) is 54.6 Å². The lowest BCUT2D eigenvalue weighted by Crippen LogP contribution is -2.36. The van der Waals surface area contributed by atoms with Crippen LogP contribution in [-0.4, -0.2) is 57.1 Å². The van der Waals surface area contributed by atoms with Crippen LogP contribution in [0.1, 0.15) is 59.8 Å². The summed E-state index contributed by atoms with van der Waals surface area (Å²) in [5.74, 6) is -9.31. The first-order valence-corrected chi connectivity index (χ1v) is 16.5. The second-order valence-corrected chi connectivity index (χ2v) is 12.9. The molecule has 12 nitrogen and oxygen atoms in total. The third-order valence-electron chi connectivity index (χ3n) is 10.2. The van der Waals surface area contributed by atoms with Crippen LogP contribution >= 0.6 is 0 Å². The molecule has 2 aliphatic heterocycles. The largest absolute Gasteiger partial charge is 0.504 e. The van der Waals surface area contributed by atoms with Crippen LogP contribution in [0.4, 0.5) is 0 Å². The van der Waals surface area contributed by atoms with Crippen molar-refractivity contribution in [3.63, 3.8) is 0 Å². The summed E-state index contributed by atoms with van der Waals surface area (Å²) in [6.45, 7) is 0.747. The second kappa shape index (κ2) is 12.6. The highest BCUT2D eigenvalue weighted by Gasteiger charge is 2.44. The molecular formula is C38H34N2O10. The van der Waals surface area contributed by atoms with Gasteiger partial charge >= 0.3 is 11.9 Å². The van der Waals surface area contributed by atoms with Crippen LogP contribution in [0, 0.1) is 0 Å². The SMILES string of the molecule is COC(=O)C[C@@H](C1=C(O)C(=O)C([C@H](CC(=O)OC)c2cc3cccc4c3n(c2=O)CCC4)=C(O)C1=O)c1cc2cccc3c2n(c1=O)CCC3.